The monoisotopic (exact) mass is 292 g/mol. The first-order valence-corrected chi connectivity index (χ1v) is 6.99. The van der Waals surface area contributed by atoms with Gasteiger partial charge in [0.25, 0.3) is 0 Å². The van der Waals surface area contributed by atoms with Gasteiger partial charge in [-0.15, -0.1) is 0 Å². The minimum Gasteiger partial charge on any atom is -0.398 e. The largest absolute Gasteiger partial charge is 0.398 e. The Labute approximate surface area is 113 Å². The lowest BCUT2D eigenvalue weighted by Crippen LogP contribution is -2.06. The number of hydrogen-bond acceptors (Lipinski definition) is 5. The highest BCUT2D eigenvalue weighted by molar-refractivity contribution is 7.79. The molecule has 110 valence electrons. The van der Waals surface area contributed by atoms with E-state index in [0.29, 0.717) is 12.5 Å². The maximum absolute atomic E-state index is 8.74. The number of anilines is 2. The minimum atomic E-state index is -4.67. The molecule has 0 amide bonds. The molecule has 7 nitrogen and oxygen atoms in total. The summed E-state index contributed by atoms with van der Waals surface area (Å²) in [6, 6.07) is 5.86. The fourth-order valence-corrected chi connectivity index (χ4v) is 1.38. The van der Waals surface area contributed by atoms with Gasteiger partial charge >= 0.3 is 10.4 Å². The van der Waals surface area contributed by atoms with Crippen LogP contribution in [0.25, 0.3) is 0 Å². The molecule has 0 bridgehead atoms. The van der Waals surface area contributed by atoms with Gasteiger partial charge in [-0.05, 0) is 29.7 Å². The summed E-state index contributed by atoms with van der Waals surface area (Å²) in [4.78, 5) is 0. The molecule has 0 saturated heterocycles. The third-order valence-electron chi connectivity index (χ3n) is 2.15. The molecule has 0 aliphatic carbocycles. The number of aliphatic hydroxyl groups is 1. The first-order valence-electron chi connectivity index (χ1n) is 5.59. The Morgan fingerprint density at radius 2 is 1.84 bits per heavy atom. The van der Waals surface area contributed by atoms with Crippen molar-refractivity contribution in [2.75, 3.05) is 24.2 Å². The molecule has 6 N–H and O–H groups in total. The summed E-state index contributed by atoms with van der Waals surface area (Å²) in [6.45, 7) is 4.94. The zero-order chi connectivity index (χ0) is 15.1. The molecule has 0 heterocycles. The molecular weight excluding hydrogens is 272 g/mol. The van der Waals surface area contributed by atoms with Gasteiger partial charge in [0.05, 0.1) is 6.61 Å². The zero-order valence-electron chi connectivity index (χ0n) is 10.9. The predicted molar refractivity (Wildman–Crippen MR) is 74.7 cm³/mol. The molecule has 0 fully saturated rings. The maximum Gasteiger partial charge on any atom is 0.394 e. The van der Waals surface area contributed by atoms with Gasteiger partial charge < -0.3 is 16.2 Å². The van der Waals surface area contributed by atoms with Crippen LogP contribution in [0.5, 0.6) is 0 Å². The standard InChI is InChI=1S/C11H18N2O.H2O4S/c1-8(2)10-7-9(13-5-6-14)3-4-11(10)12;1-5(2,3)4/h3-4,7-8,13-14H,5-6,12H2,1-2H3;(H2,1,2,3,4). The van der Waals surface area contributed by atoms with Gasteiger partial charge in [0.15, 0.2) is 0 Å². The van der Waals surface area contributed by atoms with Gasteiger partial charge in [-0.25, -0.2) is 0 Å². The van der Waals surface area contributed by atoms with E-state index in [2.05, 4.69) is 19.2 Å². The first-order chi connectivity index (χ1) is 8.65. The van der Waals surface area contributed by atoms with Crippen LogP contribution in [0.3, 0.4) is 0 Å². The fraction of sp³-hybridized carbons (Fsp3) is 0.455. The maximum atomic E-state index is 8.74. The predicted octanol–water partition coefficient (Wildman–Crippen LogP) is 1.14. The van der Waals surface area contributed by atoms with Gasteiger partial charge in [0.1, 0.15) is 0 Å². The molecule has 1 rings (SSSR count). The summed E-state index contributed by atoms with van der Waals surface area (Å²) < 4.78 is 31.6. The summed E-state index contributed by atoms with van der Waals surface area (Å²) in [7, 11) is -4.67. The number of aliphatic hydroxyl groups excluding tert-OH is 1. The van der Waals surface area contributed by atoms with E-state index in [1.165, 1.54) is 0 Å². The second-order valence-electron chi connectivity index (χ2n) is 4.10. The Morgan fingerprint density at radius 1 is 1.32 bits per heavy atom. The quantitative estimate of drug-likeness (QED) is 0.415. The highest BCUT2D eigenvalue weighted by atomic mass is 32.3. The lowest BCUT2D eigenvalue weighted by Gasteiger charge is -2.12. The van der Waals surface area contributed by atoms with Gasteiger partial charge in [-0.2, -0.15) is 8.42 Å². The average molecular weight is 292 g/mol. The van der Waals surface area contributed by atoms with Crippen LogP contribution in [0.15, 0.2) is 18.2 Å². The lowest BCUT2D eigenvalue weighted by molar-refractivity contribution is 0.311. The number of rotatable bonds is 4. The number of benzene rings is 1. The van der Waals surface area contributed by atoms with Crippen LogP contribution in [-0.4, -0.2) is 35.8 Å². The Kier molecular flexibility index (Phi) is 7.38. The second kappa shape index (κ2) is 7.95. The Morgan fingerprint density at radius 3 is 2.26 bits per heavy atom. The Hall–Kier alpha value is -1.35. The molecule has 1 aromatic rings. The third-order valence-corrected chi connectivity index (χ3v) is 2.15. The SMILES string of the molecule is CC(C)c1cc(NCCO)ccc1N.O=S(=O)(O)O. The van der Waals surface area contributed by atoms with Crippen molar-refractivity contribution < 1.29 is 22.6 Å². The van der Waals surface area contributed by atoms with Crippen LogP contribution in [0.4, 0.5) is 11.4 Å². The van der Waals surface area contributed by atoms with Crippen molar-refractivity contribution in [2.45, 2.75) is 19.8 Å². The van der Waals surface area contributed by atoms with Crippen molar-refractivity contribution in [2.24, 2.45) is 0 Å². The molecule has 8 heteroatoms. The van der Waals surface area contributed by atoms with Crippen molar-refractivity contribution >= 4 is 21.8 Å². The van der Waals surface area contributed by atoms with Crippen LogP contribution in [0.1, 0.15) is 25.3 Å². The third kappa shape index (κ3) is 9.25. The molecule has 0 radical (unpaired) electrons. The molecule has 0 aliphatic rings. The smallest absolute Gasteiger partial charge is 0.394 e. The van der Waals surface area contributed by atoms with E-state index in [4.69, 9.17) is 28.4 Å². The summed E-state index contributed by atoms with van der Waals surface area (Å²) >= 11 is 0. The van der Waals surface area contributed by atoms with Gasteiger partial charge in [-0.1, -0.05) is 13.8 Å². The molecule has 19 heavy (non-hydrogen) atoms. The van der Waals surface area contributed by atoms with Crippen LogP contribution >= 0.6 is 0 Å². The zero-order valence-corrected chi connectivity index (χ0v) is 11.7. The molecule has 0 aliphatic heterocycles. The van der Waals surface area contributed by atoms with Gasteiger partial charge in [0, 0.05) is 17.9 Å². The number of nitrogens with two attached hydrogens (primary N) is 1. The van der Waals surface area contributed by atoms with Crippen molar-refractivity contribution in [1.29, 1.82) is 0 Å². The molecule has 0 spiro atoms. The van der Waals surface area contributed by atoms with E-state index in [1.54, 1.807) is 0 Å². The molecule has 1 aromatic carbocycles. The van der Waals surface area contributed by atoms with Crippen molar-refractivity contribution in [3.05, 3.63) is 23.8 Å². The number of hydrogen-bond donors (Lipinski definition) is 5. The summed E-state index contributed by atoms with van der Waals surface area (Å²) in [5.41, 5.74) is 8.83. The van der Waals surface area contributed by atoms with Gasteiger partial charge in [0.2, 0.25) is 0 Å². The van der Waals surface area contributed by atoms with Crippen LogP contribution in [0.2, 0.25) is 0 Å². The topological polar surface area (TPSA) is 133 Å². The van der Waals surface area contributed by atoms with E-state index in [9.17, 15) is 0 Å². The molecule has 0 unspecified atom stereocenters. The van der Waals surface area contributed by atoms with Crippen LogP contribution in [0, 0.1) is 0 Å². The second-order valence-corrected chi connectivity index (χ2v) is 4.99. The van der Waals surface area contributed by atoms with Crippen molar-refractivity contribution in [1.82, 2.24) is 0 Å². The van der Waals surface area contributed by atoms with Crippen LogP contribution in [-0.2, 0) is 10.4 Å². The van der Waals surface area contributed by atoms with E-state index in [-0.39, 0.29) is 6.61 Å². The van der Waals surface area contributed by atoms with E-state index in [1.807, 2.05) is 18.2 Å². The highest BCUT2D eigenvalue weighted by Gasteiger charge is 2.04. The summed E-state index contributed by atoms with van der Waals surface area (Å²) in [6.07, 6.45) is 0. The number of nitrogen functional groups attached to an aromatic ring is 1. The van der Waals surface area contributed by atoms with E-state index >= 15 is 0 Å². The van der Waals surface area contributed by atoms with Crippen LogP contribution < -0.4 is 11.1 Å². The van der Waals surface area contributed by atoms with Crippen molar-refractivity contribution in [3.63, 3.8) is 0 Å². The molecule has 0 saturated carbocycles. The highest BCUT2D eigenvalue weighted by Crippen LogP contribution is 2.24. The van der Waals surface area contributed by atoms with Crippen molar-refractivity contribution in [3.8, 4) is 0 Å². The molecular formula is C11H20N2O5S. The average Bonchev–Trinajstić information content (AvgIpc) is 2.25. The first kappa shape index (κ1) is 17.6. The number of nitrogens with one attached hydrogen (secondary N) is 1. The summed E-state index contributed by atoms with van der Waals surface area (Å²) in [5, 5.41) is 11.8. The molecule has 0 aromatic heterocycles. The molecule has 0 atom stereocenters. The minimum absolute atomic E-state index is 0.140. The Bertz CT molecular complexity index is 480. The van der Waals surface area contributed by atoms with E-state index < -0.39 is 10.4 Å². The Balaban J connectivity index is 0.000000555. The fourth-order valence-electron chi connectivity index (χ4n) is 1.38. The summed E-state index contributed by atoms with van der Waals surface area (Å²) in [5.74, 6) is 0.422. The van der Waals surface area contributed by atoms with E-state index in [0.717, 1.165) is 16.9 Å². The van der Waals surface area contributed by atoms with Gasteiger partial charge in [-0.3, -0.25) is 9.11 Å². The normalized spacial score (nSPS) is 10.8. The lowest BCUT2D eigenvalue weighted by atomic mass is 10.0.